The summed E-state index contributed by atoms with van der Waals surface area (Å²) < 4.78 is 43.7. The maximum atomic E-state index is 13.2. The zero-order valence-electron chi connectivity index (χ0n) is 18.0. The first kappa shape index (κ1) is 20.9. The van der Waals surface area contributed by atoms with Crippen molar-refractivity contribution in [2.45, 2.75) is 62.7 Å². The molecule has 1 unspecified atom stereocenters. The van der Waals surface area contributed by atoms with Gasteiger partial charge in [0.25, 0.3) is 0 Å². The third kappa shape index (κ3) is 2.58. The van der Waals surface area contributed by atoms with E-state index in [1.807, 2.05) is 13.8 Å². The predicted molar refractivity (Wildman–Crippen MR) is 110 cm³/mol. The second kappa shape index (κ2) is 6.54. The van der Waals surface area contributed by atoms with E-state index in [1.54, 1.807) is 30.3 Å². The van der Waals surface area contributed by atoms with E-state index in [9.17, 15) is 18.0 Å². The number of carbonyl (C=O) groups is 2. The second-order valence-corrected chi connectivity index (χ2v) is 12.1. The number of benzene rings is 1. The van der Waals surface area contributed by atoms with Gasteiger partial charge in [-0.3, -0.25) is 9.59 Å². The summed E-state index contributed by atoms with van der Waals surface area (Å²) in [6.45, 7) is 4.05. The highest BCUT2D eigenvalue weighted by Gasteiger charge is 2.79. The number of carbonyl (C=O) groups excluding carboxylic acids is 2. The Morgan fingerprint density at radius 3 is 2.61 bits per heavy atom. The number of esters is 2. The molecule has 7 nitrogen and oxygen atoms in total. The average Bonchev–Trinajstić information content (AvgIpc) is 3.05. The third-order valence-electron chi connectivity index (χ3n) is 8.63. The molecule has 0 N–H and O–H groups in total. The van der Waals surface area contributed by atoms with Crippen molar-refractivity contribution in [3.63, 3.8) is 0 Å². The Labute approximate surface area is 182 Å². The maximum absolute atomic E-state index is 13.2. The molecule has 5 fully saturated rings. The molecule has 6 rings (SSSR count). The lowest BCUT2D eigenvalue weighted by Crippen LogP contribution is -2.76. The van der Waals surface area contributed by atoms with E-state index < -0.39 is 38.3 Å². The summed E-state index contributed by atoms with van der Waals surface area (Å²) in [5, 5.41) is 0. The van der Waals surface area contributed by atoms with Crippen molar-refractivity contribution in [3.8, 4) is 0 Å². The first-order valence-corrected chi connectivity index (χ1v) is 12.4. The van der Waals surface area contributed by atoms with E-state index in [1.165, 1.54) is 7.11 Å². The van der Waals surface area contributed by atoms with Gasteiger partial charge in [-0.1, -0.05) is 32.0 Å². The number of rotatable bonds is 4. The molecule has 2 saturated carbocycles. The molecular formula is C23H28O7S. The molecule has 8 heteroatoms. The van der Waals surface area contributed by atoms with Gasteiger partial charge in [0.2, 0.25) is 0 Å². The van der Waals surface area contributed by atoms with Crippen LogP contribution in [-0.4, -0.2) is 51.5 Å². The van der Waals surface area contributed by atoms with Crippen LogP contribution in [0.15, 0.2) is 35.2 Å². The van der Waals surface area contributed by atoms with Crippen LogP contribution in [0, 0.1) is 22.2 Å². The molecule has 5 aliphatic rings. The van der Waals surface area contributed by atoms with Crippen molar-refractivity contribution in [3.05, 3.63) is 30.3 Å². The molecule has 2 aliphatic carbocycles. The first-order valence-electron chi connectivity index (χ1n) is 10.8. The van der Waals surface area contributed by atoms with Gasteiger partial charge < -0.3 is 14.2 Å². The fourth-order valence-corrected chi connectivity index (χ4v) is 8.63. The van der Waals surface area contributed by atoms with Crippen molar-refractivity contribution in [1.82, 2.24) is 0 Å². The Kier molecular flexibility index (Phi) is 4.42. The summed E-state index contributed by atoms with van der Waals surface area (Å²) in [4.78, 5) is 25.8. The quantitative estimate of drug-likeness (QED) is 0.653. The normalized spacial score (nSPS) is 40.2. The standard InChI is InChI=1S/C23H28O7S/c1-21(2)15-11-22-12-18(24)30-17(22)9-10-23(21,20(25)28-3)19(22)29-16(15)13-31(26,27)14-7-5-4-6-8-14/h4-8,15-17,19H,9-13H2,1-3H3/t15-,16-,17-,19?,22+,23+/m0/s1. The zero-order chi connectivity index (χ0) is 22.2. The number of ether oxygens (including phenoxy) is 3. The van der Waals surface area contributed by atoms with E-state index in [2.05, 4.69) is 0 Å². The van der Waals surface area contributed by atoms with Crippen molar-refractivity contribution in [1.29, 1.82) is 0 Å². The molecule has 6 atom stereocenters. The molecule has 3 aliphatic heterocycles. The highest BCUT2D eigenvalue weighted by atomic mass is 32.2. The van der Waals surface area contributed by atoms with E-state index in [0.717, 1.165) is 0 Å². The van der Waals surface area contributed by atoms with Crippen molar-refractivity contribution in [2.24, 2.45) is 22.2 Å². The summed E-state index contributed by atoms with van der Waals surface area (Å²) >= 11 is 0. The number of sulfone groups is 1. The molecule has 1 aromatic rings. The molecule has 0 amide bonds. The van der Waals surface area contributed by atoms with Crippen molar-refractivity contribution in [2.75, 3.05) is 12.9 Å². The van der Waals surface area contributed by atoms with E-state index in [4.69, 9.17) is 14.2 Å². The Morgan fingerprint density at radius 2 is 1.94 bits per heavy atom. The Bertz CT molecular complexity index is 1030. The summed E-state index contributed by atoms with van der Waals surface area (Å²) in [7, 11) is -2.20. The minimum absolute atomic E-state index is 0.158. The fraction of sp³-hybridized carbons (Fsp3) is 0.652. The summed E-state index contributed by atoms with van der Waals surface area (Å²) in [6.07, 6.45) is 0.403. The molecule has 0 radical (unpaired) electrons. The van der Waals surface area contributed by atoms with Crippen LogP contribution in [0.25, 0.3) is 0 Å². The van der Waals surface area contributed by atoms with Crippen molar-refractivity contribution < 1.29 is 32.2 Å². The van der Waals surface area contributed by atoms with E-state index in [0.29, 0.717) is 19.3 Å². The largest absolute Gasteiger partial charge is 0.469 e. The number of hydrogen-bond acceptors (Lipinski definition) is 7. The zero-order valence-corrected chi connectivity index (χ0v) is 18.8. The molecule has 3 saturated heterocycles. The highest BCUT2D eigenvalue weighted by molar-refractivity contribution is 7.91. The first-order chi connectivity index (χ1) is 14.6. The molecule has 1 aromatic carbocycles. The molecule has 31 heavy (non-hydrogen) atoms. The van der Waals surface area contributed by atoms with E-state index >= 15 is 0 Å². The highest BCUT2D eigenvalue weighted by Crippen LogP contribution is 2.73. The Morgan fingerprint density at radius 1 is 1.23 bits per heavy atom. The number of hydrogen-bond donors (Lipinski definition) is 0. The summed E-state index contributed by atoms with van der Waals surface area (Å²) in [6, 6.07) is 8.35. The average molecular weight is 449 g/mol. The number of methoxy groups -OCH3 is 1. The van der Waals surface area contributed by atoms with Gasteiger partial charge in [0, 0.05) is 5.41 Å². The SMILES string of the molecule is COC(=O)[C@@]12CC[C@@H]3OC(=O)C[C@]34C[C@@H]([C@H](CS(=O)(=O)c3ccccc3)OC41)C2(C)C. The van der Waals surface area contributed by atoms with Gasteiger partial charge >= 0.3 is 11.9 Å². The molecular weight excluding hydrogens is 420 g/mol. The smallest absolute Gasteiger partial charge is 0.315 e. The monoisotopic (exact) mass is 448 g/mol. The minimum atomic E-state index is -3.58. The summed E-state index contributed by atoms with van der Waals surface area (Å²) in [5.41, 5.74) is -2.08. The van der Waals surface area contributed by atoms with Gasteiger partial charge in [0.15, 0.2) is 9.84 Å². The van der Waals surface area contributed by atoms with Crippen LogP contribution in [0.4, 0.5) is 0 Å². The molecule has 4 bridgehead atoms. The second-order valence-electron chi connectivity index (χ2n) is 10.1. The predicted octanol–water partition coefficient (Wildman–Crippen LogP) is 2.53. The van der Waals surface area contributed by atoms with Gasteiger partial charge in [0.05, 0.1) is 36.4 Å². The van der Waals surface area contributed by atoms with Crippen LogP contribution >= 0.6 is 0 Å². The van der Waals surface area contributed by atoms with Crippen LogP contribution in [0.5, 0.6) is 0 Å². The van der Waals surface area contributed by atoms with Gasteiger partial charge in [-0.2, -0.15) is 0 Å². The Hall–Kier alpha value is -1.93. The minimum Gasteiger partial charge on any atom is -0.469 e. The maximum Gasteiger partial charge on any atom is 0.315 e. The summed E-state index contributed by atoms with van der Waals surface area (Å²) in [5.74, 6) is -0.997. The Balaban J connectivity index is 1.57. The molecule has 3 heterocycles. The molecule has 0 aromatic heterocycles. The van der Waals surface area contributed by atoms with Crippen LogP contribution in [0.1, 0.15) is 39.5 Å². The molecule has 1 spiro atoms. The fourth-order valence-electron chi connectivity index (χ4n) is 7.12. The van der Waals surface area contributed by atoms with Crippen LogP contribution in [0.2, 0.25) is 0 Å². The van der Waals surface area contributed by atoms with Crippen molar-refractivity contribution >= 4 is 21.8 Å². The number of fused-ring (bicyclic) bond motifs is 1. The van der Waals surface area contributed by atoms with Gasteiger partial charge in [-0.25, -0.2) is 8.42 Å². The van der Waals surface area contributed by atoms with Crippen LogP contribution in [-0.2, 0) is 33.6 Å². The topological polar surface area (TPSA) is 96.0 Å². The lowest BCUT2D eigenvalue weighted by Gasteiger charge is -2.70. The van der Waals surface area contributed by atoms with E-state index in [-0.39, 0.29) is 41.0 Å². The van der Waals surface area contributed by atoms with Gasteiger partial charge in [-0.15, -0.1) is 0 Å². The van der Waals surface area contributed by atoms with Gasteiger partial charge in [-0.05, 0) is 42.7 Å². The lowest BCUT2D eigenvalue weighted by molar-refractivity contribution is -0.328. The molecule has 168 valence electrons. The third-order valence-corrected chi connectivity index (χ3v) is 10.4. The lowest BCUT2D eigenvalue weighted by atomic mass is 9.38. The van der Waals surface area contributed by atoms with Crippen LogP contribution in [0.3, 0.4) is 0 Å². The van der Waals surface area contributed by atoms with Crippen LogP contribution < -0.4 is 0 Å². The van der Waals surface area contributed by atoms with Gasteiger partial charge in [0.1, 0.15) is 11.5 Å².